The molecule has 2 rings (SSSR count). The van der Waals surface area contributed by atoms with Crippen LogP contribution in [0.15, 0.2) is 18.2 Å². The fourth-order valence-corrected chi connectivity index (χ4v) is 2.99. The number of nitrogens with one attached hydrogen (secondary N) is 1. The number of nitro benzene ring substituents is 1. The number of halogens is 1. The van der Waals surface area contributed by atoms with Crippen LogP contribution in [-0.2, 0) is 4.79 Å². The van der Waals surface area contributed by atoms with Gasteiger partial charge in [0.25, 0.3) is 5.91 Å². The summed E-state index contributed by atoms with van der Waals surface area (Å²) in [6, 6.07) is 4.29. The molecule has 0 aromatic heterocycles. The molecule has 1 aliphatic heterocycles. The van der Waals surface area contributed by atoms with E-state index in [0.29, 0.717) is 6.54 Å². The van der Waals surface area contributed by atoms with Gasteiger partial charge in [0.1, 0.15) is 0 Å². The zero-order valence-electron chi connectivity index (χ0n) is 13.8. The monoisotopic (exact) mass is 355 g/mol. The molecule has 8 heteroatoms. The molecule has 24 heavy (non-hydrogen) atoms. The molecule has 132 valence electrons. The van der Waals surface area contributed by atoms with Crippen LogP contribution in [0, 0.1) is 10.1 Å². The van der Waals surface area contributed by atoms with Crippen LogP contribution in [-0.4, -0.2) is 47.5 Å². The van der Waals surface area contributed by atoms with Crippen LogP contribution in [0.25, 0.3) is 0 Å². The van der Waals surface area contributed by atoms with Gasteiger partial charge in [-0.15, -0.1) is 0 Å². The number of benzene rings is 1. The van der Waals surface area contributed by atoms with Gasteiger partial charge in [0.2, 0.25) is 0 Å². The first kappa shape index (κ1) is 18.5. The quantitative estimate of drug-likeness (QED) is 0.600. The lowest BCUT2D eigenvalue weighted by Gasteiger charge is -2.30. The van der Waals surface area contributed by atoms with Crippen molar-refractivity contribution in [1.82, 2.24) is 10.2 Å². The second-order valence-corrected chi connectivity index (χ2v) is 6.24. The second kappa shape index (κ2) is 8.30. The van der Waals surface area contributed by atoms with E-state index in [2.05, 4.69) is 5.32 Å². The van der Waals surface area contributed by atoms with Crippen LogP contribution < -0.4 is 10.1 Å². The van der Waals surface area contributed by atoms with Crippen molar-refractivity contribution in [3.8, 4) is 5.75 Å². The zero-order valence-corrected chi connectivity index (χ0v) is 14.6. The Morgan fingerprint density at radius 3 is 2.92 bits per heavy atom. The minimum absolute atomic E-state index is 0.0474. The third-order valence-electron chi connectivity index (χ3n) is 3.99. The summed E-state index contributed by atoms with van der Waals surface area (Å²) in [5.41, 5.74) is -0.244. The number of nitrogens with zero attached hydrogens (tertiary/aromatic N) is 2. The summed E-state index contributed by atoms with van der Waals surface area (Å²) in [4.78, 5) is 25.1. The molecule has 0 radical (unpaired) electrons. The second-order valence-electron chi connectivity index (χ2n) is 5.81. The van der Waals surface area contributed by atoms with Crippen molar-refractivity contribution in [1.29, 1.82) is 0 Å². The molecule has 1 aromatic carbocycles. The predicted molar refractivity (Wildman–Crippen MR) is 91.5 cm³/mol. The van der Waals surface area contributed by atoms with E-state index in [4.69, 9.17) is 16.3 Å². The highest BCUT2D eigenvalue weighted by atomic mass is 35.5. The molecule has 1 saturated heterocycles. The summed E-state index contributed by atoms with van der Waals surface area (Å²) in [6.07, 6.45) is 0.937. The van der Waals surface area contributed by atoms with Gasteiger partial charge < -0.3 is 15.0 Å². The molecule has 0 spiro atoms. The molecule has 0 aliphatic carbocycles. The molecule has 2 atom stereocenters. The van der Waals surface area contributed by atoms with Crippen LogP contribution in [0.3, 0.4) is 0 Å². The molecule has 2 unspecified atom stereocenters. The van der Waals surface area contributed by atoms with E-state index in [1.165, 1.54) is 18.2 Å². The molecule has 1 aromatic rings. The fraction of sp³-hybridized carbons (Fsp3) is 0.562. The number of rotatable bonds is 7. The Hall–Kier alpha value is -1.86. The SMILES string of the molecule is CCCN(C(=O)C(C)Oc1ccc(Cl)cc1[N+](=O)[O-])C1CCNC1. The maximum Gasteiger partial charge on any atom is 0.312 e. The molecule has 7 nitrogen and oxygen atoms in total. The van der Waals surface area contributed by atoms with Crippen LogP contribution in [0.1, 0.15) is 26.7 Å². The van der Waals surface area contributed by atoms with Gasteiger partial charge in [0.15, 0.2) is 11.9 Å². The van der Waals surface area contributed by atoms with Gasteiger partial charge in [0.05, 0.1) is 4.92 Å². The highest BCUT2D eigenvalue weighted by molar-refractivity contribution is 6.30. The lowest BCUT2D eigenvalue weighted by Crippen LogP contribution is -2.47. The summed E-state index contributed by atoms with van der Waals surface area (Å²) < 4.78 is 5.60. The van der Waals surface area contributed by atoms with Gasteiger partial charge >= 0.3 is 5.69 Å². The first-order chi connectivity index (χ1) is 11.4. The molecule has 1 aliphatic rings. The van der Waals surface area contributed by atoms with E-state index in [9.17, 15) is 14.9 Å². The minimum atomic E-state index is -0.808. The summed E-state index contributed by atoms with van der Waals surface area (Å²) in [6.45, 7) is 5.92. The number of ether oxygens (including phenoxy) is 1. The molecule has 0 saturated carbocycles. The summed E-state index contributed by atoms with van der Waals surface area (Å²) in [5.74, 6) is -0.110. The highest BCUT2D eigenvalue weighted by Gasteiger charge is 2.31. The molecular weight excluding hydrogens is 334 g/mol. The van der Waals surface area contributed by atoms with E-state index in [1.54, 1.807) is 6.92 Å². The third kappa shape index (κ3) is 4.36. The van der Waals surface area contributed by atoms with Crippen molar-refractivity contribution in [2.75, 3.05) is 19.6 Å². The molecule has 0 bridgehead atoms. The van der Waals surface area contributed by atoms with E-state index in [1.807, 2.05) is 11.8 Å². The Balaban J connectivity index is 2.14. The van der Waals surface area contributed by atoms with Crippen LogP contribution in [0.5, 0.6) is 5.75 Å². The Morgan fingerprint density at radius 2 is 2.33 bits per heavy atom. The maximum atomic E-state index is 12.7. The molecule has 1 N–H and O–H groups in total. The Labute approximate surface area is 146 Å². The maximum absolute atomic E-state index is 12.7. The average Bonchev–Trinajstić information content (AvgIpc) is 3.07. The molecule has 1 fully saturated rings. The molecule has 1 amide bonds. The predicted octanol–water partition coefficient (Wildman–Crippen LogP) is 2.62. The topological polar surface area (TPSA) is 84.7 Å². The normalized spacial score (nSPS) is 18.2. The van der Waals surface area contributed by atoms with Crippen molar-refractivity contribution < 1.29 is 14.5 Å². The Morgan fingerprint density at radius 1 is 1.58 bits per heavy atom. The standard InChI is InChI=1S/C16H22ClN3O4/c1-3-8-19(13-6-7-18-10-13)16(21)11(2)24-15-5-4-12(17)9-14(15)20(22)23/h4-5,9,11,13,18H,3,6-8,10H2,1-2H3. The van der Waals surface area contributed by atoms with E-state index in [0.717, 1.165) is 25.9 Å². The first-order valence-corrected chi connectivity index (χ1v) is 8.43. The largest absolute Gasteiger partial charge is 0.474 e. The van der Waals surface area contributed by atoms with Gasteiger partial charge in [-0.1, -0.05) is 18.5 Å². The Bertz CT molecular complexity index is 605. The van der Waals surface area contributed by atoms with Crippen LogP contribution in [0.4, 0.5) is 5.69 Å². The lowest BCUT2D eigenvalue weighted by atomic mass is 10.2. The van der Waals surface area contributed by atoms with Crippen molar-refractivity contribution in [3.05, 3.63) is 33.3 Å². The average molecular weight is 356 g/mol. The number of carbonyl (C=O) groups is 1. The third-order valence-corrected chi connectivity index (χ3v) is 4.23. The minimum Gasteiger partial charge on any atom is -0.474 e. The lowest BCUT2D eigenvalue weighted by molar-refractivity contribution is -0.386. The molecular formula is C16H22ClN3O4. The van der Waals surface area contributed by atoms with Gasteiger partial charge in [-0.2, -0.15) is 0 Å². The number of amides is 1. The number of hydrogen-bond acceptors (Lipinski definition) is 5. The van der Waals surface area contributed by atoms with Gasteiger partial charge in [-0.05, 0) is 38.4 Å². The van der Waals surface area contributed by atoms with Crippen LogP contribution in [0.2, 0.25) is 5.02 Å². The smallest absolute Gasteiger partial charge is 0.312 e. The van der Waals surface area contributed by atoms with Crippen molar-refractivity contribution in [2.24, 2.45) is 0 Å². The Kier molecular flexibility index (Phi) is 6.39. The number of hydrogen-bond donors (Lipinski definition) is 1. The van der Waals surface area contributed by atoms with E-state index >= 15 is 0 Å². The van der Waals surface area contributed by atoms with Crippen molar-refractivity contribution in [3.63, 3.8) is 0 Å². The number of carbonyl (C=O) groups excluding carboxylic acids is 1. The van der Waals surface area contributed by atoms with Crippen LogP contribution >= 0.6 is 11.6 Å². The van der Waals surface area contributed by atoms with Crippen molar-refractivity contribution in [2.45, 2.75) is 38.8 Å². The highest BCUT2D eigenvalue weighted by Crippen LogP contribution is 2.31. The van der Waals surface area contributed by atoms with Gasteiger partial charge in [-0.25, -0.2) is 0 Å². The number of nitro groups is 1. The first-order valence-electron chi connectivity index (χ1n) is 8.05. The van der Waals surface area contributed by atoms with E-state index in [-0.39, 0.29) is 28.4 Å². The fourth-order valence-electron chi connectivity index (χ4n) is 2.83. The summed E-state index contributed by atoms with van der Waals surface area (Å²) >= 11 is 5.80. The summed E-state index contributed by atoms with van der Waals surface area (Å²) in [7, 11) is 0. The van der Waals surface area contributed by atoms with Gasteiger partial charge in [-0.3, -0.25) is 14.9 Å². The molecule has 1 heterocycles. The summed E-state index contributed by atoms with van der Waals surface area (Å²) in [5, 5.41) is 14.6. The zero-order chi connectivity index (χ0) is 17.7. The van der Waals surface area contributed by atoms with Gasteiger partial charge in [0, 0.05) is 30.2 Å². The van der Waals surface area contributed by atoms with Crippen molar-refractivity contribution >= 4 is 23.2 Å². The van der Waals surface area contributed by atoms with E-state index < -0.39 is 11.0 Å².